The summed E-state index contributed by atoms with van der Waals surface area (Å²) in [4.78, 5) is 22.7. The van der Waals surface area contributed by atoms with Crippen molar-refractivity contribution in [3.05, 3.63) is 53.5 Å². The van der Waals surface area contributed by atoms with Crippen molar-refractivity contribution in [2.24, 2.45) is 0 Å². The molecule has 5 nitrogen and oxygen atoms in total. The molecule has 2 aromatic rings. The number of fused-ring (bicyclic) bond motifs is 1. The van der Waals surface area contributed by atoms with Gasteiger partial charge in [0.2, 0.25) is 0 Å². The van der Waals surface area contributed by atoms with E-state index < -0.39 is 0 Å². The molecule has 1 aliphatic heterocycles. The van der Waals surface area contributed by atoms with Crippen molar-refractivity contribution in [2.75, 3.05) is 18.0 Å². The summed E-state index contributed by atoms with van der Waals surface area (Å²) in [6.07, 6.45) is 5.16. The lowest BCUT2D eigenvalue weighted by molar-refractivity contribution is 0.0948. The van der Waals surface area contributed by atoms with Crippen LogP contribution in [0.2, 0.25) is 0 Å². The third-order valence-corrected chi connectivity index (χ3v) is 3.86. The van der Waals surface area contributed by atoms with Gasteiger partial charge in [-0.05, 0) is 24.0 Å². The van der Waals surface area contributed by atoms with Gasteiger partial charge in [0, 0.05) is 19.6 Å². The number of hydrogen-bond donors (Lipinski definition) is 1. The highest BCUT2D eigenvalue weighted by atomic mass is 16.1. The Morgan fingerprint density at radius 1 is 1.23 bits per heavy atom. The van der Waals surface area contributed by atoms with E-state index in [4.69, 9.17) is 0 Å². The van der Waals surface area contributed by atoms with Gasteiger partial charge in [0.15, 0.2) is 0 Å². The average molecular weight is 296 g/mol. The van der Waals surface area contributed by atoms with Crippen LogP contribution in [0, 0.1) is 0 Å². The van der Waals surface area contributed by atoms with Gasteiger partial charge in [-0.15, -0.1) is 0 Å². The molecule has 1 N–H and O–H groups in total. The second-order valence-electron chi connectivity index (χ2n) is 5.46. The van der Waals surface area contributed by atoms with Crippen LogP contribution in [0.4, 0.5) is 5.82 Å². The summed E-state index contributed by atoms with van der Waals surface area (Å²) in [7, 11) is 0. The van der Waals surface area contributed by atoms with Gasteiger partial charge in [-0.3, -0.25) is 4.79 Å². The number of carbonyl (C=O) groups excluding carboxylic acids is 1. The predicted octanol–water partition coefficient (Wildman–Crippen LogP) is 2.18. The molecule has 1 aliphatic rings. The molecule has 0 unspecified atom stereocenters. The van der Waals surface area contributed by atoms with Crippen LogP contribution in [-0.4, -0.2) is 29.0 Å². The number of nitrogens with zero attached hydrogens (tertiary/aromatic N) is 3. The molecule has 5 heteroatoms. The molecule has 0 saturated carbocycles. The summed E-state index contributed by atoms with van der Waals surface area (Å²) in [6.45, 7) is 4.44. The van der Waals surface area contributed by atoms with Crippen molar-refractivity contribution in [1.82, 2.24) is 15.3 Å². The van der Waals surface area contributed by atoms with Gasteiger partial charge in [0.05, 0.1) is 12.4 Å². The maximum atomic E-state index is 11.8. The van der Waals surface area contributed by atoms with E-state index in [9.17, 15) is 4.79 Å². The maximum absolute atomic E-state index is 11.8. The van der Waals surface area contributed by atoms with Gasteiger partial charge in [-0.25, -0.2) is 9.97 Å². The number of aromatic nitrogens is 2. The number of hydrogen-bond acceptors (Lipinski definition) is 4. The minimum Gasteiger partial charge on any atom is -0.351 e. The average Bonchev–Trinajstić information content (AvgIpc) is 2.59. The molecule has 0 radical (unpaired) electrons. The van der Waals surface area contributed by atoms with E-state index in [1.54, 1.807) is 12.4 Å². The zero-order valence-electron chi connectivity index (χ0n) is 12.7. The van der Waals surface area contributed by atoms with Crippen molar-refractivity contribution >= 4 is 11.7 Å². The Labute approximate surface area is 130 Å². The Morgan fingerprint density at radius 2 is 2.05 bits per heavy atom. The summed E-state index contributed by atoms with van der Waals surface area (Å²) in [5.41, 5.74) is 3.11. The van der Waals surface area contributed by atoms with Crippen molar-refractivity contribution in [3.63, 3.8) is 0 Å². The SMILES string of the molecule is CCCNC(=O)c1cnc(N2CCc3ccccc3C2)cn1. The van der Waals surface area contributed by atoms with Crippen molar-refractivity contribution in [1.29, 1.82) is 0 Å². The maximum Gasteiger partial charge on any atom is 0.271 e. The molecule has 1 aromatic heterocycles. The van der Waals surface area contributed by atoms with Crippen molar-refractivity contribution < 1.29 is 4.79 Å². The Bertz CT molecular complexity index is 654. The fraction of sp³-hybridized carbons (Fsp3) is 0.353. The standard InChI is InChI=1S/C17H20N4O/c1-2-8-18-17(22)15-10-20-16(11-19-15)21-9-7-13-5-3-4-6-14(13)12-21/h3-6,10-11H,2,7-9,12H2,1H3,(H,18,22). The monoisotopic (exact) mass is 296 g/mol. The zero-order valence-corrected chi connectivity index (χ0v) is 12.7. The highest BCUT2D eigenvalue weighted by molar-refractivity contribution is 5.91. The molecule has 0 bridgehead atoms. The summed E-state index contributed by atoms with van der Waals surface area (Å²) in [6, 6.07) is 8.48. The van der Waals surface area contributed by atoms with Gasteiger partial charge < -0.3 is 10.2 Å². The summed E-state index contributed by atoms with van der Waals surface area (Å²) < 4.78 is 0. The summed E-state index contributed by atoms with van der Waals surface area (Å²) in [5.74, 6) is 0.659. The second-order valence-corrected chi connectivity index (χ2v) is 5.46. The van der Waals surface area contributed by atoms with Crippen molar-refractivity contribution in [3.8, 4) is 0 Å². The normalized spacial score (nSPS) is 13.6. The lowest BCUT2D eigenvalue weighted by Gasteiger charge is -2.29. The number of benzene rings is 1. The smallest absolute Gasteiger partial charge is 0.271 e. The van der Waals surface area contributed by atoms with Crippen LogP contribution in [0.15, 0.2) is 36.7 Å². The van der Waals surface area contributed by atoms with Gasteiger partial charge in [-0.1, -0.05) is 31.2 Å². The van der Waals surface area contributed by atoms with E-state index in [1.807, 2.05) is 6.92 Å². The molecule has 0 aliphatic carbocycles. The fourth-order valence-electron chi connectivity index (χ4n) is 2.62. The molecule has 0 atom stereocenters. The summed E-state index contributed by atoms with van der Waals surface area (Å²) in [5, 5.41) is 2.81. The largest absolute Gasteiger partial charge is 0.351 e. The number of rotatable bonds is 4. The van der Waals surface area contributed by atoms with Crippen LogP contribution in [-0.2, 0) is 13.0 Å². The molecule has 1 amide bonds. The van der Waals surface area contributed by atoms with Crippen LogP contribution in [0.1, 0.15) is 35.0 Å². The highest BCUT2D eigenvalue weighted by Crippen LogP contribution is 2.22. The number of nitrogens with one attached hydrogen (secondary N) is 1. The Hall–Kier alpha value is -2.43. The predicted molar refractivity (Wildman–Crippen MR) is 85.9 cm³/mol. The third-order valence-electron chi connectivity index (χ3n) is 3.86. The van der Waals surface area contributed by atoms with Crippen LogP contribution >= 0.6 is 0 Å². The molecule has 0 fully saturated rings. The van der Waals surface area contributed by atoms with Crippen LogP contribution in [0.5, 0.6) is 0 Å². The molecular formula is C17H20N4O. The molecule has 3 rings (SSSR count). The molecular weight excluding hydrogens is 276 g/mol. The van der Waals surface area contributed by atoms with Gasteiger partial charge in [0.25, 0.3) is 5.91 Å². The molecule has 0 spiro atoms. The van der Waals surface area contributed by atoms with Crippen LogP contribution < -0.4 is 10.2 Å². The van der Waals surface area contributed by atoms with E-state index in [1.165, 1.54) is 11.1 Å². The molecule has 1 aromatic carbocycles. The summed E-state index contributed by atoms with van der Waals surface area (Å²) >= 11 is 0. The first-order valence-electron chi connectivity index (χ1n) is 7.70. The Morgan fingerprint density at radius 3 is 2.77 bits per heavy atom. The first kappa shape index (κ1) is 14.5. The zero-order chi connectivity index (χ0) is 15.4. The molecule has 2 heterocycles. The highest BCUT2D eigenvalue weighted by Gasteiger charge is 2.17. The number of anilines is 1. The topological polar surface area (TPSA) is 58.1 Å². The van der Waals surface area contributed by atoms with E-state index >= 15 is 0 Å². The third kappa shape index (κ3) is 3.08. The first-order valence-corrected chi connectivity index (χ1v) is 7.70. The molecule has 22 heavy (non-hydrogen) atoms. The van der Waals surface area contributed by atoms with E-state index in [0.29, 0.717) is 12.2 Å². The van der Waals surface area contributed by atoms with Crippen molar-refractivity contribution in [2.45, 2.75) is 26.3 Å². The van der Waals surface area contributed by atoms with E-state index in [2.05, 4.69) is 44.5 Å². The van der Waals surface area contributed by atoms with E-state index in [0.717, 1.165) is 31.7 Å². The van der Waals surface area contributed by atoms with E-state index in [-0.39, 0.29) is 5.91 Å². The molecule has 114 valence electrons. The van der Waals surface area contributed by atoms with Gasteiger partial charge in [0.1, 0.15) is 11.5 Å². The van der Waals surface area contributed by atoms with Crippen LogP contribution in [0.3, 0.4) is 0 Å². The minimum atomic E-state index is -0.162. The number of amides is 1. The number of carbonyl (C=O) groups is 1. The lowest BCUT2D eigenvalue weighted by Crippen LogP contribution is -2.31. The fourth-order valence-corrected chi connectivity index (χ4v) is 2.62. The van der Waals surface area contributed by atoms with Gasteiger partial charge in [-0.2, -0.15) is 0 Å². The van der Waals surface area contributed by atoms with Crippen LogP contribution in [0.25, 0.3) is 0 Å². The first-order chi connectivity index (χ1) is 10.8. The Balaban J connectivity index is 1.70. The Kier molecular flexibility index (Phi) is 4.32. The molecule has 0 saturated heterocycles. The van der Waals surface area contributed by atoms with Gasteiger partial charge >= 0.3 is 0 Å². The second kappa shape index (κ2) is 6.56. The lowest BCUT2D eigenvalue weighted by atomic mass is 10.0. The quantitative estimate of drug-likeness (QED) is 0.939. The minimum absolute atomic E-state index is 0.162.